The SMILES string of the molecule is CN1CCCC(N2CCN(C(=O)c3cc(Br)c4c(c3)OCCO4)CC2)C1. The Morgan fingerprint density at radius 1 is 1.12 bits per heavy atom. The molecule has 4 rings (SSSR count). The summed E-state index contributed by atoms with van der Waals surface area (Å²) in [6.45, 7) is 6.88. The summed E-state index contributed by atoms with van der Waals surface area (Å²) >= 11 is 3.50. The van der Waals surface area contributed by atoms with Crippen LogP contribution in [0.15, 0.2) is 16.6 Å². The van der Waals surface area contributed by atoms with Crippen molar-refractivity contribution in [2.45, 2.75) is 18.9 Å². The number of hydrogen-bond acceptors (Lipinski definition) is 5. The summed E-state index contributed by atoms with van der Waals surface area (Å²) in [6, 6.07) is 4.29. The molecule has 7 heteroatoms. The molecule has 3 heterocycles. The van der Waals surface area contributed by atoms with Crippen LogP contribution < -0.4 is 9.47 Å². The van der Waals surface area contributed by atoms with Gasteiger partial charge in [-0.2, -0.15) is 0 Å². The van der Waals surface area contributed by atoms with E-state index in [1.165, 1.54) is 19.4 Å². The van der Waals surface area contributed by atoms with E-state index in [2.05, 4.69) is 32.8 Å². The molecular weight excluding hydrogens is 398 g/mol. The van der Waals surface area contributed by atoms with E-state index in [9.17, 15) is 4.79 Å². The Morgan fingerprint density at radius 2 is 1.88 bits per heavy atom. The number of ether oxygens (including phenoxy) is 2. The van der Waals surface area contributed by atoms with Crippen molar-refractivity contribution in [1.82, 2.24) is 14.7 Å². The summed E-state index contributed by atoms with van der Waals surface area (Å²) < 4.78 is 12.0. The molecule has 3 aliphatic heterocycles. The lowest BCUT2D eigenvalue weighted by molar-refractivity contribution is 0.0451. The maximum Gasteiger partial charge on any atom is 0.254 e. The van der Waals surface area contributed by atoms with Gasteiger partial charge in [-0.05, 0) is 54.5 Å². The average molecular weight is 424 g/mol. The molecule has 3 aliphatic rings. The average Bonchev–Trinajstić information content (AvgIpc) is 2.67. The molecule has 2 fully saturated rings. The van der Waals surface area contributed by atoms with Gasteiger partial charge < -0.3 is 19.3 Å². The number of halogens is 1. The topological polar surface area (TPSA) is 45.2 Å². The zero-order valence-electron chi connectivity index (χ0n) is 15.2. The molecule has 1 amide bonds. The summed E-state index contributed by atoms with van der Waals surface area (Å²) in [7, 11) is 2.20. The first-order chi connectivity index (χ1) is 12.6. The fourth-order valence-corrected chi connectivity index (χ4v) is 4.70. The fourth-order valence-electron chi connectivity index (χ4n) is 4.14. The molecule has 0 spiro atoms. The molecule has 0 radical (unpaired) electrons. The third kappa shape index (κ3) is 3.70. The quantitative estimate of drug-likeness (QED) is 0.728. The van der Waals surface area contributed by atoms with Gasteiger partial charge in [0.05, 0.1) is 4.47 Å². The van der Waals surface area contributed by atoms with Crippen LogP contribution in [0, 0.1) is 0 Å². The molecule has 1 atom stereocenters. The highest BCUT2D eigenvalue weighted by molar-refractivity contribution is 9.10. The van der Waals surface area contributed by atoms with Crippen molar-refractivity contribution in [2.24, 2.45) is 0 Å². The Labute approximate surface area is 163 Å². The van der Waals surface area contributed by atoms with Crippen LogP contribution in [-0.4, -0.2) is 86.2 Å². The maximum absolute atomic E-state index is 13.0. The lowest BCUT2D eigenvalue weighted by atomic mass is 10.0. The van der Waals surface area contributed by atoms with E-state index < -0.39 is 0 Å². The fraction of sp³-hybridized carbons (Fsp3) is 0.632. The molecule has 0 bridgehead atoms. The number of rotatable bonds is 2. The minimum absolute atomic E-state index is 0.0723. The summed E-state index contributed by atoms with van der Waals surface area (Å²) in [4.78, 5) is 19.9. The van der Waals surface area contributed by atoms with Crippen LogP contribution >= 0.6 is 15.9 Å². The summed E-state index contributed by atoms with van der Waals surface area (Å²) in [6.07, 6.45) is 2.54. The predicted octanol–water partition coefficient (Wildman–Crippen LogP) is 2.07. The second-order valence-corrected chi connectivity index (χ2v) is 8.22. The number of carbonyl (C=O) groups excluding carboxylic acids is 1. The molecule has 6 nitrogen and oxygen atoms in total. The van der Waals surface area contributed by atoms with E-state index in [4.69, 9.17) is 9.47 Å². The maximum atomic E-state index is 13.0. The van der Waals surface area contributed by atoms with Gasteiger partial charge in [-0.25, -0.2) is 0 Å². The van der Waals surface area contributed by atoms with Crippen molar-refractivity contribution < 1.29 is 14.3 Å². The zero-order valence-corrected chi connectivity index (χ0v) is 16.8. The first-order valence-electron chi connectivity index (χ1n) is 9.43. The number of carbonyl (C=O) groups is 1. The van der Waals surface area contributed by atoms with Crippen LogP contribution in [0.3, 0.4) is 0 Å². The second-order valence-electron chi connectivity index (χ2n) is 7.37. The Hall–Kier alpha value is -1.31. The molecule has 1 aromatic carbocycles. The standard InChI is InChI=1S/C19H26BrN3O3/c1-21-4-2-3-15(13-21)22-5-7-23(8-6-22)19(24)14-11-16(20)18-17(12-14)25-9-10-26-18/h11-12,15H,2-10,13H2,1H3. The van der Waals surface area contributed by atoms with Crippen LogP contribution in [0.4, 0.5) is 0 Å². The number of hydrogen-bond donors (Lipinski definition) is 0. The molecule has 1 aromatic rings. The Bertz CT molecular complexity index is 676. The second kappa shape index (κ2) is 7.74. The molecule has 0 N–H and O–H groups in total. The van der Waals surface area contributed by atoms with Crippen molar-refractivity contribution in [3.8, 4) is 11.5 Å². The molecule has 26 heavy (non-hydrogen) atoms. The van der Waals surface area contributed by atoms with Crippen molar-refractivity contribution in [3.05, 3.63) is 22.2 Å². The Balaban J connectivity index is 1.40. The third-order valence-electron chi connectivity index (χ3n) is 5.56. The van der Waals surface area contributed by atoms with Crippen LogP contribution in [0.5, 0.6) is 11.5 Å². The summed E-state index contributed by atoms with van der Waals surface area (Å²) in [5.74, 6) is 1.42. The number of piperidine rings is 1. The number of likely N-dealkylation sites (tertiary alicyclic amines) is 1. The van der Waals surface area contributed by atoms with Crippen molar-refractivity contribution in [3.63, 3.8) is 0 Å². The van der Waals surface area contributed by atoms with Gasteiger partial charge in [0, 0.05) is 44.3 Å². The molecular formula is C19H26BrN3O3. The van der Waals surface area contributed by atoms with Gasteiger partial charge in [0.25, 0.3) is 5.91 Å². The van der Waals surface area contributed by atoms with Gasteiger partial charge in [0.1, 0.15) is 13.2 Å². The van der Waals surface area contributed by atoms with Gasteiger partial charge in [0.15, 0.2) is 11.5 Å². The number of amides is 1. The largest absolute Gasteiger partial charge is 0.486 e. The molecule has 2 saturated heterocycles. The minimum Gasteiger partial charge on any atom is -0.486 e. The monoisotopic (exact) mass is 423 g/mol. The van der Waals surface area contributed by atoms with E-state index in [0.717, 1.165) is 37.2 Å². The minimum atomic E-state index is 0.0723. The molecule has 0 saturated carbocycles. The highest BCUT2D eigenvalue weighted by Crippen LogP contribution is 2.38. The van der Waals surface area contributed by atoms with E-state index in [1.54, 1.807) is 0 Å². The number of likely N-dealkylation sites (N-methyl/N-ethyl adjacent to an activating group) is 1. The van der Waals surface area contributed by atoms with Gasteiger partial charge in [0.2, 0.25) is 0 Å². The van der Waals surface area contributed by atoms with E-state index in [0.29, 0.717) is 36.3 Å². The number of fused-ring (bicyclic) bond motifs is 1. The number of benzene rings is 1. The lowest BCUT2D eigenvalue weighted by Gasteiger charge is -2.42. The smallest absolute Gasteiger partial charge is 0.254 e. The molecule has 0 aromatic heterocycles. The first-order valence-corrected chi connectivity index (χ1v) is 10.2. The summed E-state index contributed by atoms with van der Waals surface area (Å²) in [5, 5.41) is 0. The predicted molar refractivity (Wildman–Crippen MR) is 103 cm³/mol. The molecule has 0 aliphatic carbocycles. The molecule has 142 valence electrons. The van der Waals surface area contributed by atoms with Gasteiger partial charge in [-0.3, -0.25) is 9.69 Å². The Kier molecular flexibility index (Phi) is 5.38. The first kappa shape index (κ1) is 18.1. The zero-order chi connectivity index (χ0) is 18.1. The normalized spacial score (nSPS) is 24.5. The van der Waals surface area contributed by atoms with Crippen LogP contribution in [-0.2, 0) is 0 Å². The summed E-state index contributed by atoms with van der Waals surface area (Å²) in [5.41, 5.74) is 0.659. The number of piperazine rings is 1. The number of nitrogens with zero attached hydrogens (tertiary/aromatic N) is 3. The van der Waals surface area contributed by atoms with Crippen LogP contribution in [0.1, 0.15) is 23.2 Å². The van der Waals surface area contributed by atoms with E-state index in [-0.39, 0.29) is 5.91 Å². The van der Waals surface area contributed by atoms with Crippen molar-refractivity contribution in [2.75, 3.05) is 59.5 Å². The van der Waals surface area contributed by atoms with Gasteiger partial charge in [-0.15, -0.1) is 0 Å². The third-order valence-corrected chi connectivity index (χ3v) is 6.15. The van der Waals surface area contributed by atoms with Crippen molar-refractivity contribution in [1.29, 1.82) is 0 Å². The van der Waals surface area contributed by atoms with Gasteiger partial charge >= 0.3 is 0 Å². The van der Waals surface area contributed by atoms with Crippen molar-refractivity contribution >= 4 is 21.8 Å². The van der Waals surface area contributed by atoms with E-state index in [1.807, 2.05) is 17.0 Å². The van der Waals surface area contributed by atoms with Crippen LogP contribution in [0.25, 0.3) is 0 Å². The van der Waals surface area contributed by atoms with Gasteiger partial charge in [-0.1, -0.05) is 0 Å². The lowest BCUT2D eigenvalue weighted by Crippen LogP contribution is -2.55. The highest BCUT2D eigenvalue weighted by Gasteiger charge is 2.29. The van der Waals surface area contributed by atoms with E-state index >= 15 is 0 Å². The highest BCUT2D eigenvalue weighted by atomic mass is 79.9. The molecule has 1 unspecified atom stereocenters. The Morgan fingerprint density at radius 3 is 2.65 bits per heavy atom. The van der Waals surface area contributed by atoms with Crippen LogP contribution in [0.2, 0.25) is 0 Å².